The van der Waals surface area contributed by atoms with Crippen molar-refractivity contribution in [2.45, 2.75) is 38.8 Å². The summed E-state index contributed by atoms with van der Waals surface area (Å²) < 4.78 is 0. The average molecular weight is 213 g/mol. The van der Waals surface area contributed by atoms with E-state index in [1.54, 1.807) is 0 Å². The van der Waals surface area contributed by atoms with Crippen LogP contribution in [-0.4, -0.2) is 62.2 Å². The maximum atomic E-state index is 3.22. The first-order valence-electron chi connectivity index (χ1n) is 6.24. The van der Waals surface area contributed by atoms with Crippen LogP contribution in [0.4, 0.5) is 0 Å². The number of hydrogen-bond acceptors (Lipinski definition) is 3. The Morgan fingerprint density at radius 1 is 1.40 bits per heavy atom. The Labute approximate surface area is 94.8 Å². The van der Waals surface area contributed by atoms with Gasteiger partial charge in [-0.3, -0.25) is 4.90 Å². The van der Waals surface area contributed by atoms with Gasteiger partial charge in [0.05, 0.1) is 0 Å². The van der Waals surface area contributed by atoms with E-state index in [9.17, 15) is 0 Å². The highest BCUT2D eigenvalue weighted by molar-refractivity contribution is 4.81. The van der Waals surface area contributed by atoms with E-state index in [0.717, 1.165) is 12.6 Å². The van der Waals surface area contributed by atoms with Crippen LogP contribution >= 0.6 is 0 Å². The smallest absolute Gasteiger partial charge is 0.0198 e. The molecule has 90 valence electrons. The Morgan fingerprint density at radius 3 is 2.73 bits per heavy atom. The molecular formula is C12H27N3. The van der Waals surface area contributed by atoms with Crippen LogP contribution in [0.3, 0.4) is 0 Å². The first kappa shape index (κ1) is 12.9. The van der Waals surface area contributed by atoms with E-state index < -0.39 is 0 Å². The fourth-order valence-corrected chi connectivity index (χ4v) is 2.55. The summed E-state index contributed by atoms with van der Waals surface area (Å²) in [5, 5.41) is 3.22. The van der Waals surface area contributed by atoms with Crippen molar-refractivity contribution in [2.24, 2.45) is 0 Å². The van der Waals surface area contributed by atoms with Crippen LogP contribution in [0.5, 0.6) is 0 Å². The lowest BCUT2D eigenvalue weighted by molar-refractivity contribution is 0.0637. The van der Waals surface area contributed by atoms with Gasteiger partial charge in [-0.1, -0.05) is 0 Å². The summed E-state index contributed by atoms with van der Waals surface area (Å²) >= 11 is 0. The molecule has 1 saturated heterocycles. The van der Waals surface area contributed by atoms with Crippen molar-refractivity contribution in [3.8, 4) is 0 Å². The molecule has 1 heterocycles. The average Bonchev–Trinajstić information content (AvgIpc) is 2.17. The van der Waals surface area contributed by atoms with Gasteiger partial charge in [0.25, 0.3) is 0 Å². The predicted molar refractivity (Wildman–Crippen MR) is 66.3 cm³/mol. The molecule has 0 bridgehead atoms. The Kier molecular flexibility index (Phi) is 5.58. The fourth-order valence-electron chi connectivity index (χ4n) is 2.55. The summed E-state index contributed by atoms with van der Waals surface area (Å²) in [6, 6.07) is 1.45. The lowest BCUT2D eigenvalue weighted by Gasteiger charge is -2.41. The minimum absolute atomic E-state index is 0.716. The van der Waals surface area contributed by atoms with Crippen LogP contribution in [0.1, 0.15) is 26.7 Å². The van der Waals surface area contributed by atoms with Crippen molar-refractivity contribution in [1.82, 2.24) is 15.1 Å². The first-order valence-corrected chi connectivity index (χ1v) is 6.24. The largest absolute Gasteiger partial charge is 0.320 e. The normalized spacial score (nSPS) is 26.8. The molecule has 0 spiro atoms. The van der Waals surface area contributed by atoms with Crippen LogP contribution in [0.15, 0.2) is 0 Å². The van der Waals surface area contributed by atoms with Crippen molar-refractivity contribution in [3.63, 3.8) is 0 Å². The molecule has 3 nitrogen and oxygen atoms in total. The van der Waals surface area contributed by atoms with E-state index >= 15 is 0 Å². The Bertz CT molecular complexity index is 172. The van der Waals surface area contributed by atoms with Gasteiger partial charge in [0.2, 0.25) is 0 Å². The Morgan fingerprint density at radius 2 is 2.13 bits per heavy atom. The second-order valence-electron chi connectivity index (χ2n) is 4.94. The third kappa shape index (κ3) is 4.09. The quantitative estimate of drug-likeness (QED) is 0.688. The number of nitrogens with zero attached hydrogens (tertiary/aromatic N) is 2. The van der Waals surface area contributed by atoms with Crippen molar-refractivity contribution in [3.05, 3.63) is 0 Å². The van der Waals surface area contributed by atoms with Crippen molar-refractivity contribution >= 4 is 0 Å². The number of likely N-dealkylation sites (N-methyl/N-ethyl adjacent to an activating group) is 1. The highest BCUT2D eigenvalue weighted by Crippen LogP contribution is 2.14. The minimum atomic E-state index is 0.716. The molecule has 0 aliphatic carbocycles. The van der Waals surface area contributed by atoms with E-state index in [-0.39, 0.29) is 0 Å². The molecule has 1 aliphatic rings. The summed E-state index contributed by atoms with van der Waals surface area (Å²) in [5.41, 5.74) is 0. The van der Waals surface area contributed by atoms with Crippen molar-refractivity contribution in [1.29, 1.82) is 0 Å². The molecule has 2 unspecified atom stereocenters. The molecule has 0 saturated carbocycles. The van der Waals surface area contributed by atoms with Crippen molar-refractivity contribution in [2.75, 3.05) is 40.3 Å². The minimum Gasteiger partial charge on any atom is -0.320 e. The maximum absolute atomic E-state index is 3.22. The van der Waals surface area contributed by atoms with Crippen LogP contribution < -0.4 is 5.32 Å². The molecule has 1 rings (SSSR count). The van der Waals surface area contributed by atoms with Gasteiger partial charge < -0.3 is 10.2 Å². The van der Waals surface area contributed by atoms with Crippen LogP contribution in [0.25, 0.3) is 0 Å². The monoisotopic (exact) mass is 213 g/mol. The lowest BCUT2D eigenvalue weighted by atomic mass is 10.1. The lowest BCUT2D eigenvalue weighted by Crippen LogP contribution is -2.53. The number of hydrogen-bond donors (Lipinski definition) is 1. The topological polar surface area (TPSA) is 18.5 Å². The molecule has 2 atom stereocenters. The molecule has 15 heavy (non-hydrogen) atoms. The summed E-state index contributed by atoms with van der Waals surface area (Å²) in [6.45, 7) is 9.55. The summed E-state index contributed by atoms with van der Waals surface area (Å²) in [5.74, 6) is 0. The van der Waals surface area contributed by atoms with Gasteiger partial charge in [0.15, 0.2) is 0 Å². The standard InChI is InChI=1S/C12H27N3/c1-11(6-5-7-13-3)15-9-8-14(4)10-12(15)2/h11-13H,5-10H2,1-4H3. The molecule has 1 fully saturated rings. The van der Waals surface area contributed by atoms with Gasteiger partial charge in [-0.15, -0.1) is 0 Å². The van der Waals surface area contributed by atoms with Gasteiger partial charge in [-0.05, 0) is 47.3 Å². The molecule has 0 aromatic rings. The molecule has 0 aromatic heterocycles. The molecule has 0 amide bonds. The maximum Gasteiger partial charge on any atom is 0.0198 e. The van der Waals surface area contributed by atoms with Crippen LogP contribution in [0.2, 0.25) is 0 Å². The SMILES string of the molecule is CNCCCC(C)N1CCN(C)CC1C. The van der Waals surface area contributed by atoms with Gasteiger partial charge in [-0.25, -0.2) is 0 Å². The number of rotatable bonds is 5. The van der Waals surface area contributed by atoms with Gasteiger partial charge in [0, 0.05) is 31.7 Å². The second-order valence-corrected chi connectivity index (χ2v) is 4.94. The zero-order valence-corrected chi connectivity index (χ0v) is 10.8. The van der Waals surface area contributed by atoms with Gasteiger partial charge in [-0.2, -0.15) is 0 Å². The Balaban J connectivity index is 2.28. The van der Waals surface area contributed by atoms with E-state index in [2.05, 4.69) is 36.0 Å². The molecule has 0 radical (unpaired) electrons. The third-order valence-electron chi connectivity index (χ3n) is 3.50. The van der Waals surface area contributed by atoms with E-state index in [1.807, 2.05) is 7.05 Å². The van der Waals surface area contributed by atoms with E-state index in [0.29, 0.717) is 6.04 Å². The molecule has 1 aliphatic heterocycles. The summed E-state index contributed by atoms with van der Waals surface area (Å²) in [4.78, 5) is 5.09. The second kappa shape index (κ2) is 6.46. The van der Waals surface area contributed by atoms with E-state index in [1.165, 1.54) is 32.5 Å². The summed E-state index contributed by atoms with van der Waals surface area (Å²) in [7, 11) is 4.25. The fraction of sp³-hybridized carbons (Fsp3) is 1.00. The first-order chi connectivity index (χ1) is 7.15. The molecular weight excluding hydrogens is 186 g/mol. The molecule has 1 N–H and O–H groups in total. The zero-order chi connectivity index (χ0) is 11.3. The van der Waals surface area contributed by atoms with Gasteiger partial charge in [0.1, 0.15) is 0 Å². The highest BCUT2D eigenvalue weighted by Gasteiger charge is 2.24. The van der Waals surface area contributed by atoms with Crippen LogP contribution in [0, 0.1) is 0 Å². The van der Waals surface area contributed by atoms with Crippen molar-refractivity contribution < 1.29 is 0 Å². The Hall–Kier alpha value is -0.120. The predicted octanol–water partition coefficient (Wildman–Crippen LogP) is 1.01. The van der Waals surface area contributed by atoms with E-state index in [4.69, 9.17) is 0 Å². The molecule has 0 aromatic carbocycles. The van der Waals surface area contributed by atoms with Crippen LogP contribution in [-0.2, 0) is 0 Å². The summed E-state index contributed by atoms with van der Waals surface area (Å²) in [6.07, 6.45) is 2.60. The highest BCUT2D eigenvalue weighted by atomic mass is 15.3. The number of piperazine rings is 1. The zero-order valence-electron chi connectivity index (χ0n) is 10.8. The molecule has 3 heteroatoms. The third-order valence-corrected chi connectivity index (χ3v) is 3.50. The number of nitrogens with one attached hydrogen (secondary N) is 1. The van der Waals surface area contributed by atoms with Gasteiger partial charge >= 0.3 is 0 Å².